The first-order chi connectivity index (χ1) is 11.7. The minimum atomic E-state index is -0.460. The Hall–Kier alpha value is -2.20. The van der Waals surface area contributed by atoms with E-state index in [0.29, 0.717) is 35.4 Å². The molecule has 5 heteroatoms. The Morgan fingerprint density at radius 1 is 1.04 bits per heavy atom. The van der Waals surface area contributed by atoms with E-state index in [4.69, 9.17) is 21.1 Å². The Morgan fingerprint density at radius 2 is 1.71 bits per heavy atom. The molecule has 2 aromatic rings. The van der Waals surface area contributed by atoms with Crippen molar-refractivity contribution < 1.29 is 14.3 Å². The normalized spacial score (nSPS) is 17.7. The standard InChI is InChI=1S/C19H18ClNO3/c20-14-11-16-17(24-10-9-23-16)12-15(14)21-18(22)19(7-4-8-19)13-5-2-1-3-6-13/h1-3,5-6,11-12H,4,7-10H2,(H,21,22). The summed E-state index contributed by atoms with van der Waals surface area (Å²) in [5.74, 6) is 1.22. The van der Waals surface area contributed by atoms with E-state index in [0.717, 1.165) is 24.8 Å². The van der Waals surface area contributed by atoms with E-state index >= 15 is 0 Å². The molecule has 0 atom stereocenters. The van der Waals surface area contributed by atoms with Crippen molar-refractivity contribution in [2.75, 3.05) is 18.5 Å². The number of fused-ring (bicyclic) bond motifs is 1. The van der Waals surface area contributed by atoms with Crippen LogP contribution in [0.4, 0.5) is 5.69 Å². The lowest BCUT2D eigenvalue weighted by atomic mass is 9.64. The number of benzene rings is 2. The molecule has 1 saturated carbocycles. The molecule has 0 bridgehead atoms. The van der Waals surface area contributed by atoms with Gasteiger partial charge in [-0.2, -0.15) is 0 Å². The van der Waals surface area contributed by atoms with E-state index in [1.54, 1.807) is 12.1 Å². The van der Waals surface area contributed by atoms with E-state index in [9.17, 15) is 4.79 Å². The fraction of sp³-hybridized carbons (Fsp3) is 0.316. The van der Waals surface area contributed by atoms with Crippen molar-refractivity contribution in [2.24, 2.45) is 0 Å². The van der Waals surface area contributed by atoms with Crippen LogP contribution in [0, 0.1) is 0 Å². The molecule has 24 heavy (non-hydrogen) atoms. The van der Waals surface area contributed by atoms with Crippen LogP contribution >= 0.6 is 11.6 Å². The second-order valence-corrected chi connectivity index (χ2v) is 6.64. The van der Waals surface area contributed by atoms with Gasteiger partial charge in [-0.1, -0.05) is 48.4 Å². The first kappa shape index (κ1) is 15.3. The number of ether oxygens (including phenoxy) is 2. The second kappa shape index (κ2) is 6.02. The van der Waals surface area contributed by atoms with Gasteiger partial charge in [-0.05, 0) is 18.4 Å². The van der Waals surface area contributed by atoms with E-state index in [1.165, 1.54) is 0 Å². The van der Waals surface area contributed by atoms with Crippen LogP contribution in [0.15, 0.2) is 42.5 Å². The van der Waals surface area contributed by atoms with Gasteiger partial charge in [0.1, 0.15) is 13.2 Å². The highest BCUT2D eigenvalue weighted by molar-refractivity contribution is 6.34. The molecule has 0 spiro atoms. The number of carbonyl (C=O) groups is 1. The van der Waals surface area contributed by atoms with Crippen LogP contribution in [0.1, 0.15) is 24.8 Å². The fourth-order valence-electron chi connectivity index (χ4n) is 3.34. The maximum absolute atomic E-state index is 13.0. The molecule has 0 radical (unpaired) electrons. The lowest BCUT2D eigenvalue weighted by Gasteiger charge is -2.40. The largest absolute Gasteiger partial charge is 0.486 e. The summed E-state index contributed by atoms with van der Waals surface area (Å²) in [7, 11) is 0. The molecule has 1 fully saturated rings. The first-order valence-corrected chi connectivity index (χ1v) is 8.53. The molecule has 124 valence electrons. The number of anilines is 1. The summed E-state index contributed by atoms with van der Waals surface area (Å²) < 4.78 is 11.1. The maximum atomic E-state index is 13.0. The molecule has 0 unspecified atom stereocenters. The van der Waals surface area contributed by atoms with E-state index < -0.39 is 5.41 Å². The van der Waals surface area contributed by atoms with Crippen molar-refractivity contribution in [3.8, 4) is 11.5 Å². The number of hydrogen-bond donors (Lipinski definition) is 1. The maximum Gasteiger partial charge on any atom is 0.235 e. The van der Waals surface area contributed by atoms with E-state index in [2.05, 4.69) is 5.32 Å². The predicted octanol–water partition coefficient (Wildman–Crippen LogP) is 4.17. The molecule has 0 aromatic heterocycles. The van der Waals surface area contributed by atoms with Crippen LogP contribution in [0.3, 0.4) is 0 Å². The molecule has 1 aliphatic heterocycles. The molecule has 4 rings (SSSR count). The third kappa shape index (κ3) is 2.51. The predicted molar refractivity (Wildman–Crippen MR) is 93.0 cm³/mol. The summed E-state index contributed by atoms with van der Waals surface area (Å²) in [6.07, 6.45) is 2.76. The number of hydrogen-bond acceptors (Lipinski definition) is 3. The topological polar surface area (TPSA) is 47.6 Å². The molecule has 0 saturated heterocycles. The first-order valence-electron chi connectivity index (χ1n) is 8.15. The van der Waals surface area contributed by atoms with Crippen molar-refractivity contribution in [3.63, 3.8) is 0 Å². The summed E-state index contributed by atoms with van der Waals surface area (Å²) in [6.45, 7) is 1.00. The van der Waals surface area contributed by atoms with Crippen LogP contribution in [0.25, 0.3) is 0 Å². The van der Waals surface area contributed by atoms with Gasteiger partial charge in [0.25, 0.3) is 0 Å². The molecule has 1 amide bonds. The van der Waals surface area contributed by atoms with E-state index in [-0.39, 0.29) is 5.91 Å². The smallest absolute Gasteiger partial charge is 0.235 e. The van der Waals surface area contributed by atoms with Crippen LogP contribution < -0.4 is 14.8 Å². The summed E-state index contributed by atoms with van der Waals surface area (Å²) in [4.78, 5) is 13.0. The molecular weight excluding hydrogens is 326 g/mol. The highest BCUT2D eigenvalue weighted by atomic mass is 35.5. The van der Waals surface area contributed by atoms with Crippen molar-refractivity contribution in [3.05, 3.63) is 53.1 Å². The molecule has 1 heterocycles. The monoisotopic (exact) mass is 343 g/mol. The lowest BCUT2D eigenvalue weighted by molar-refractivity contribution is -0.124. The van der Waals surface area contributed by atoms with Crippen molar-refractivity contribution in [2.45, 2.75) is 24.7 Å². The van der Waals surface area contributed by atoms with Crippen molar-refractivity contribution >= 4 is 23.2 Å². The third-order valence-corrected chi connectivity index (χ3v) is 5.16. The van der Waals surface area contributed by atoms with Gasteiger partial charge >= 0.3 is 0 Å². The number of nitrogens with one attached hydrogen (secondary N) is 1. The van der Waals surface area contributed by atoms with Gasteiger partial charge in [0, 0.05) is 12.1 Å². The summed E-state index contributed by atoms with van der Waals surface area (Å²) in [6, 6.07) is 13.4. The zero-order valence-corrected chi connectivity index (χ0v) is 13.9. The lowest BCUT2D eigenvalue weighted by Crippen LogP contribution is -2.46. The number of rotatable bonds is 3. The summed E-state index contributed by atoms with van der Waals surface area (Å²) >= 11 is 6.31. The minimum absolute atomic E-state index is 0.0153. The fourth-order valence-corrected chi connectivity index (χ4v) is 3.54. The van der Waals surface area contributed by atoms with Gasteiger partial charge in [-0.3, -0.25) is 4.79 Å². The average Bonchev–Trinajstić information content (AvgIpc) is 2.55. The zero-order chi connectivity index (χ0) is 16.6. The Kier molecular flexibility index (Phi) is 3.85. The molecular formula is C19H18ClNO3. The van der Waals surface area contributed by atoms with Gasteiger partial charge in [-0.25, -0.2) is 0 Å². The molecule has 2 aromatic carbocycles. The zero-order valence-electron chi connectivity index (χ0n) is 13.2. The van der Waals surface area contributed by atoms with Crippen molar-refractivity contribution in [1.82, 2.24) is 0 Å². The highest BCUT2D eigenvalue weighted by Gasteiger charge is 2.45. The quantitative estimate of drug-likeness (QED) is 0.909. The van der Waals surface area contributed by atoms with Gasteiger partial charge < -0.3 is 14.8 Å². The number of halogens is 1. The third-order valence-electron chi connectivity index (χ3n) is 4.85. The van der Waals surface area contributed by atoms with E-state index in [1.807, 2.05) is 30.3 Å². The van der Waals surface area contributed by atoms with Gasteiger partial charge in [0.15, 0.2) is 11.5 Å². The number of carbonyl (C=O) groups excluding carboxylic acids is 1. The SMILES string of the molecule is O=C(Nc1cc2c(cc1Cl)OCCO2)C1(c2ccccc2)CCC1. The highest BCUT2D eigenvalue weighted by Crippen LogP contribution is 2.45. The van der Waals surface area contributed by atoms with Crippen LogP contribution in [0.2, 0.25) is 5.02 Å². The molecule has 1 aliphatic carbocycles. The average molecular weight is 344 g/mol. The van der Waals surface area contributed by atoms with Crippen LogP contribution in [-0.2, 0) is 10.2 Å². The molecule has 1 N–H and O–H groups in total. The van der Waals surface area contributed by atoms with Gasteiger partial charge in [0.05, 0.1) is 16.1 Å². The summed E-state index contributed by atoms with van der Waals surface area (Å²) in [5, 5.41) is 3.45. The van der Waals surface area contributed by atoms with Gasteiger partial charge in [0.2, 0.25) is 5.91 Å². The Bertz CT molecular complexity index is 772. The second-order valence-electron chi connectivity index (χ2n) is 6.23. The molecule has 2 aliphatic rings. The van der Waals surface area contributed by atoms with Crippen LogP contribution in [0.5, 0.6) is 11.5 Å². The summed E-state index contributed by atoms with van der Waals surface area (Å²) in [5.41, 5.74) is 1.16. The minimum Gasteiger partial charge on any atom is -0.486 e. The van der Waals surface area contributed by atoms with Gasteiger partial charge in [-0.15, -0.1) is 0 Å². The molecule has 4 nitrogen and oxygen atoms in total. The Labute approximate surface area is 145 Å². The number of amides is 1. The Morgan fingerprint density at radius 3 is 2.33 bits per heavy atom. The van der Waals surface area contributed by atoms with Crippen molar-refractivity contribution in [1.29, 1.82) is 0 Å². The Balaban J connectivity index is 1.62. The van der Waals surface area contributed by atoms with Crippen LogP contribution in [-0.4, -0.2) is 19.1 Å².